The van der Waals surface area contributed by atoms with Gasteiger partial charge in [-0.05, 0) is 44.0 Å². The van der Waals surface area contributed by atoms with Crippen LogP contribution in [-0.2, 0) is 16.1 Å². The molecule has 0 aromatic heterocycles. The molecule has 7 heteroatoms. The molecule has 0 bridgehead atoms. The Balaban J connectivity index is 1.33. The number of benzene rings is 2. The molecule has 3 aliphatic heterocycles. The summed E-state index contributed by atoms with van der Waals surface area (Å²) in [6.45, 7) is 9.01. The highest BCUT2D eigenvalue weighted by molar-refractivity contribution is 6.10. The number of piperazine rings is 1. The molecule has 1 amide bonds. The SMILES string of the molecule is CC1CON2c3c(ccc(N4CCN(C)CC4)c31)C(=O)C(C)C2C(=O)NCCCCc1ccccc1. The van der Waals surface area contributed by atoms with Crippen LogP contribution < -0.4 is 15.3 Å². The molecule has 7 nitrogen and oxygen atoms in total. The van der Waals surface area contributed by atoms with Crippen LogP contribution in [0, 0.1) is 5.92 Å². The van der Waals surface area contributed by atoms with Crippen LogP contribution >= 0.6 is 0 Å². The van der Waals surface area contributed by atoms with E-state index in [0.717, 1.165) is 56.7 Å². The topological polar surface area (TPSA) is 65.1 Å². The Hall–Kier alpha value is -2.90. The first-order valence-corrected chi connectivity index (χ1v) is 13.3. The predicted molar refractivity (Wildman–Crippen MR) is 143 cm³/mol. The smallest absolute Gasteiger partial charge is 0.246 e. The molecule has 0 radical (unpaired) electrons. The number of carbonyl (C=O) groups is 2. The van der Waals surface area contributed by atoms with Crippen molar-refractivity contribution in [2.24, 2.45) is 5.92 Å². The van der Waals surface area contributed by atoms with Gasteiger partial charge in [-0.1, -0.05) is 44.2 Å². The number of anilines is 2. The fourth-order valence-electron chi connectivity index (χ4n) is 5.74. The van der Waals surface area contributed by atoms with Crippen molar-refractivity contribution >= 4 is 23.1 Å². The molecule has 3 aliphatic rings. The van der Waals surface area contributed by atoms with Gasteiger partial charge in [0, 0.05) is 55.5 Å². The number of hydrogen-bond acceptors (Lipinski definition) is 6. The average molecular weight is 491 g/mol. The molecule has 1 N–H and O–H groups in total. The van der Waals surface area contributed by atoms with Crippen molar-refractivity contribution in [1.29, 1.82) is 0 Å². The number of rotatable bonds is 7. The first kappa shape index (κ1) is 24.8. The van der Waals surface area contributed by atoms with Gasteiger partial charge in [0.15, 0.2) is 5.78 Å². The molecule has 2 aromatic rings. The first-order chi connectivity index (χ1) is 17.5. The second kappa shape index (κ2) is 10.6. The fourth-order valence-corrected chi connectivity index (χ4v) is 5.74. The number of ketones is 1. The summed E-state index contributed by atoms with van der Waals surface area (Å²) in [4.78, 5) is 37.8. The van der Waals surface area contributed by atoms with E-state index in [1.807, 2.05) is 19.1 Å². The number of unbranched alkanes of at least 4 members (excludes halogenated alkanes) is 1. The summed E-state index contributed by atoms with van der Waals surface area (Å²) >= 11 is 0. The average Bonchev–Trinajstić information content (AvgIpc) is 2.89. The number of likely N-dealkylation sites (N-methyl/N-ethyl adjacent to an activating group) is 1. The number of hydrogen-bond donors (Lipinski definition) is 1. The van der Waals surface area contributed by atoms with E-state index in [1.54, 1.807) is 5.06 Å². The van der Waals surface area contributed by atoms with E-state index in [1.165, 1.54) is 11.3 Å². The van der Waals surface area contributed by atoms with Crippen LogP contribution in [0.25, 0.3) is 0 Å². The summed E-state index contributed by atoms with van der Waals surface area (Å²) in [7, 11) is 2.15. The van der Waals surface area contributed by atoms with Crippen molar-refractivity contribution in [3.63, 3.8) is 0 Å². The molecule has 2 aromatic carbocycles. The van der Waals surface area contributed by atoms with Gasteiger partial charge >= 0.3 is 0 Å². The minimum Gasteiger partial charge on any atom is -0.369 e. The van der Waals surface area contributed by atoms with E-state index in [4.69, 9.17) is 4.84 Å². The highest BCUT2D eigenvalue weighted by Crippen LogP contribution is 2.47. The number of Topliss-reactive ketones (excluding diaryl/α,β-unsaturated/α-hetero) is 1. The highest BCUT2D eigenvalue weighted by atomic mass is 16.7. The minimum atomic E-state index is -0.659. The summed E-state index contributed by atoms with van der Waals surface area (Å²) in [5, 5.41) is 4.85. The quantitative estimate of drug-likeness (QED) is 0.598. The van der Waals surface area contributed by atoms with Crippen molar-refractivity contribution < 1.29 is 14.4 Å². The lowest BCUT2D eigenvalue weighted by molar-refractivity contribution is -0.126. The molecular formula is C29H38N4O3. The Kier molecular flexibility index (Phi) is 7.30. The van der Waals surface area contributed by atoms with Gasteiger partial charge in [0.1, 0.15) is 6.04 Å². The van der Waals surface area contributed by atoms with Crippen molar-refractivity contribution in [1.82, 2.24) is 10.2 Å². The van der Waals surface area contributed by atoms with E-state index < -0.39 is 12.0 Å². The zero-order valence-corrected chi connectivity index (χ0v) is 21.7. The van der Waals surface area contributed by atoms with Crippen LogP contribution in [-0.4, -0.2) is 69.0 Å². The minimum absolute atomic E-state index is 0.0226. The molecule has 0 saturated carbocycles. The fraction of sp³-hybridized carbons (Fsp3) is 0.517. The molecule has 1 saturated heterocycles. The van der Waals surface area contributed by atoms with E-state index in [0.29, 0.717) is 18.7 Å². The molecule has 3 unspecified atom stereocenters. The van der Waals surface area contributed by atoms with Crippen LogP contribution in [0.1, 0.15) is 54.1 Å². The molecule has 1 fully saturated rings. The van der Waals surface area contributed by atoms with Gasteiger partial charge in [0.25, 0.3) is 0 Å². The van der Waals surface area contributed by atoms with Gasteiger partial charge in [0.2, 0.25) is 5.91 Å². The third-order valence-corrected chi connectivity index (χ3v) is 7.92. The molecule has 36 heavy (non-hydrogen) atoms. The summed E-state index contributed by atoms with van der Waals surface area (Å²) in [5.41, 5.74) is 5.10. The normalized spacial score (nSPS) is 24.0. The van der Waals surface area contributed by atoms with Crippen molar-refractivity contribution in [3.05, 3.63) is 59.2 Å². The number of nitrogens with one attached hydrogen (secondary N) is 1. The Morgan fingerprint density at radius 1 is 1.03 bits per heavy atom. The van der Waals surface area contributed by atoms with Gasteiger partial charge in [-0.2, -0.15) is 0 Å². The zero-order valence-electron chi connectivity index (χ0n) is 21.7. The second-order valence-corrected chi connectivity index (χ2v) is 10.5. The lowest BCUT2D eigenvalue weighted by Crippen LogP contribution is -2.57. The van der Waals surface area contributed by atoms with Crippen molar-refractivity contribution in [2.75, 3.05) is 56.3 Å². The van der Waals surface area contributed by atoms with Crippen LogP contribution in [0.2, 0.25) is 0 Å². The van der Waals surface area contributed by atoms with Gasteiger partial charge in [-0.25, -0.2) is 5.06 Å². The third kappa shape index (κ3) is 4.74. The molecule has 0 aliphatic carbocycles. The maximum atomic E-state index is 13.5. The summed E-state index contributed by atoms with van der Waals surface area (Å²) in [5.74, 6) is -0.438. The maximum Gasteiger partial charge on any atom is 0.246 e. The number of aryl methyl sites for hydroxylation is 1. The number of carbonyl (C=O) groups excluding carboxylic acids is 2. The van der Waals surface area contributed by atoms with Gasteiger partial charge in [-0.15, -0.1) is 0 Å². The van der Waals surface area contributed by atoms with Gasteiger partial charge in [-0.3, -0.25) is 14.4 Å². The highest BCUT2D eigenvalue weighted by Gasteiger charge is 2.47. The molecule has 3 heterocycles. The third-order valence-electron chi connectivity index (χ3n) is 7.92. The lowest BCUT2D eigenvalue weighted by Gasteiger charge is -2.46. The standard InChI is InChI=1S/C29H38N4O3/c1-20-19-36-33-26(29(35)30-14-8-7-11-22-9-5-4-6-10-22)21(2)28(34)23-12-13-24(25(20)27(23)33)32-17-15-31(3)16-18-32/h4-6,9-10,12-13,20-21,26H,7-8,11,14-19H2,1-3H3,(H,30,35). The van der Waals surface area contributed by atoms with Crippen molar-refractivity contribution in [3.8, 4) is 0 Å². The van der Waals surface area contributed by atoms with E-state index in [-0.39, 0.29) is 17.6 Å². The molecule has 3 atom stereocenters. The number of amides is 1. The Morgan fingerprint density at radius 2 is 1.78 bits per heavy atom. The molecular weight excluding hydrogens is 452 g/mol. The zero-order chi connectivity index (χ0) is 25.2. The van der Waals surface area contributed by atoms with Crippen LogP contribution in [0.4, 0.5) is 11.4 Å². The predicted octanol–water partition coefficient (Wildman–Crippen LogP) is 3.63. The first-order valence-electron chi connectivity index (χ1n) is 13.3. The molecule has 0 spiro atoms. The molecule has 192 valence electrons. The number of hydroxylamine groups is 1. The second-order valence-electron chi connectivity index (χ2n) is 10.5. The van der Waals surface area contributed by atoms with E-state index in [9.17, 15) is 9.59 Å². The summed E-state index contributed by atoms with van der Waals surface area (Å²) in [6.07, 6.45) is 2.89. The number of nitrogens with zero attached hydrogens (tertiary/aromatic N) is 3. The largest absolute Gasteiger partial charge is 0.369 e. The monoisotopic (exact) mass is 490 g/mol. The Morgan fingerprint density at radius 3 is 2.53 bits per heavy atom. The van der Waals surface area contributed by atoms with E-state index >= 15 is 0 Å². The summed E-state index contributed by atoms with van der Waals surface area (Å²) in [6, 6.07) is 13.8. The van der Waals surface area contributed by atoms with Crippen LogP contribution in [0.5, 0.6) is 0 Å². The van der Waals surface area contributed by atoms with Gasteiger partial charge in [0.05, 0.1) is 18.2 Å². The van der Waals surface area contributed by atoms with Crippen molar-refractivity contribution in [2.45, 2.75) is 45.1 Å². The summed E-state index contributed by atoms with van der Waals surface area (Å²) < 4.78 is 0. The Labute approximate surface area is 214 Å². The molecule has 5 rings (SSSR count). The van der Waals surface area contributed by atoms with Crippen LogP contribution in [0.15, 0.2) is 42.5 Å². The lowest BCUT2D eigenvalue weighted by atomic mass is 9.81. The van der Waals surface area contributed by atoms with Crippen LogP contribution in [0.3, 0.4) is 0 Å². The van der Waals surface area contributed by atoms with E-state index in [2.05, 4.69) is 59.4 Å². The Bertz CT molecular complexity index is 1100. The van der Waals surface area contributed by atoms with Gasteiger partial charge < -0.3 is 15.1 Å². The maximum absolute atomic E-state index is 13.5.